The number of furan rings is 1. The highest BCUT2D eigenvalue weighted by atomic mass is 16.3. The molecular formula is C51H31N3O. The number of nitrogens with zero attached hydrogens (tertiary/aromatic N) is 3. The van der Waals surface area contributed by atoms with Crippen molar-refractivity contribution in [3.63, 3.8) is 0 Å². The van der Waals surface area contributed by atoms with Gasteiger partial charge >= 0.3 is 0 Å². The third kappa shape index (κ3) is 5.43. The largest absolute Gasteiger partial charge is 0.455 e. The first-order chi connectivity index (χ1) is 27.2. The van der Waals surface area contributed by atoms with Crippen molar-refractivity contribution in [1.29, 1.82) is 0 Å². The van der Waals surface area contributed by atoms with Crippen molar-refractivity contribution in [2.45, 2.75) is 0 Å². The second-order valence-corrected chi connectivity index (χ2v) is 14.0. The van der Waals surface area contributed by atoms with E-state index in [0.29, 0.717) is 17.5 Å². The molecular weight excluding hydrogens is 671 g/mol. The fourth-order valence-corrected chi connectivity index (χ4v) is 7.87. The summed E-state index contributed by atoms with van der Waals surface area (Å²) in [4.78, 5) is 15.8. The van der Waals surface area contributed by atoms with Gasteiger partial charge in [0.05, 0.1) is 0 Å². The van der Waals surface area contributed by atoms with Gasteiger partial charge in [0.25, 0.3) is 0 Å². The van der Waals surface area contributed by atoms with E-state index in [1.54, 1.807) is 0 Å². The van der Waals surface area contributed by atoms with E-state index in [0.717, 1.165) is 76.7 Å². The number of fused-ring (bicyclic) bond motifs is 7. The van der Waals surface area contributed by atoms with Gasteiger partial charge in [-0.1, -0.05) is 146 Å². The topological polar surface area (TPSA) is 51.8 Å². The van der Waals surface area contributed by atoms with Crippen LogP contribution in [-0.2, 0) is 0 Å². The second kappa shape index (κ2) is 12.6. The van der Waals surface area contributed by atoms with Gasteiger partial charge in [-0.3, -0.25) is 0 Å². The van der Waals surface area contributed by atoms with E-state index in [1.165, 1.54) is 16.5 Å². The van der Waals surface area contributed by atoms with Gasteiger partial charge in [0, 0.05) is 32.8 Å². The van der Waals surface area contributed by atoms with Crippen molar-refractivity contribution < 1.29 is 4.42 Å². The van der Waals surface area contributed by atoms with Gasteiger partial charge in [0.15, 0.2) is 17.5 Å². The molecule has 0 aliphatic heterocycles. The lowest BCUT2D eigenvalue weighted by Crippen LogP contribution is -2.01. The Morgan fingerprint density at radius 2 is 0.800 bits per heavy atom. The number of rotatable bonds is 5. The quantitative estimate of drug-likeness (QED) is 0.179. The van der Waals surface area contributed by atoms with Crippen molar-refractivity contribution in [1.82, 2.24) is 15.0 Å². The second-order valence-electron chi connectivity index (χ2n) is 14.0. The van der Waals surface area contributed by atoms with E-state index in [1.807, 2.05) is 24.3 Å². The molecule has 9 aromatic carbocycles. The average Bonchev–Trinajstić information content (AvgIpc) is 3.64. The maximum Gasteiger partial charge on any atom is 0.164 e. The number of hydrogen-bond donors (Lipinski definition) is 0. The van der Waals surface area contributed by atoms with Crippen LogP contribution in [0.1, 0.15) is 0 Å². The molecule has 0 saturated heterocycles. The lowest BCUT2D eigenvalue weighted by molar-refractivity contribution is 0.672. The summed E-state index contributed by atoms with van der Waals surface area (Å²) >= 11 is 0. The normalized spacial score (nSPS) is 11.6. The summed E-state index contributed by atoms with van der Waals surface area (Å²) in [6, 6.07) is 65.9. The molecule has 0 radical (unpaired) electrons. The molecule has 0 fully saturated rings. The van der Waals surface area contributed by atoms with Gasteiger partial charge in [-0.2, -0.15) is 0 Å². The van der Waals surface area contributed by atoms with E-state index < -0.39 is 0 Å². The molecule has 0 spiro atoms. The van der Waals surface area contributed by atoms with Crippen LogP contribution in [0.5, 0.6) is 0 Å². The molecule has 0 atom stereocenters. The number of para-hydroxylation sites is 1. The summed E-state index contributed by atoms with van der Waals surface area (Å²) in [5.74, 6) is 1.84. The molecule has 55 heavy (non-hydrogen) atoms. The minimum absolute atomic E-state index is 0.607. The first-order valence-electron chi connectivity index (χ1n) is 18.5. The first-order valence-corrected chi connectivity index (χ1v) is 18.5. The fourth-order valence-electron chi connectivity index (χ4n) is 7.87. The Morgan fingerprint density at radius 1 is 0.291 bits per heavy atom. The molecule has 0 aliphatic rings. The van der Waals surface area contributed by atoms with Crippen LogP contribution in [0, 0.1) is 0 Å². The van der Waals surface area contributed by atoms with Crippen molar-refractivity contribution in [2.75, 3.05) is 0 Å². The van der Waals surface area contributed by atoms with Crippen LogP contribution in [0.15, 0.2) is 192 Å². The molecule has 0 saturated carbocycles. The SMILES string of the molecule is c1ccc(-c2ccc3cc(-c4nc(-c5ccc6ccccc6c5)nc(-c5cc6c7ccccc7oc6c6ccc(-c7ccccc7)cc56)n4)ccc3c2)cc1. The molecule has 4 nitrogen and oxygen atoms in total. The highest BCUT2D eigenvalue weighted by Crippen LogP contribution is 2.41. The Kier molecular flexibility index (Phi) is 7.14. The summed E-state index contributed by atoms with van der Waals surface area (Å²) in [5, 5.41) is 8.69. The van der Waals surface area contributed by atoms with Crippen molar-refractivity contribution in [2.24, 2.45) is 0 Å². The Balaban J connectivity index is 1.16. The van der Waals surface area contributed by atoms with Gasteiger partial charge < -0.3 is 4.42 Å². The van der Waals surface area contributed by atoms with Crippen LogP contribution in [0.3, 0.4) is 0 Å². The molecule has 4 heteroatoms. The molecule has 2 heterocycles. The minimum Gasteiger partial charge on any atom is -0.455 e. The Bertz CT molecular complexity index is 3260. The standard InChI is InChI=1S/C51H31N3O/c1-3-11-32(12-4-1)36-20-21-38-29-41(24-22-37(38)27-36)50-52-49(40-23-19-34-15-7-8-16-35(34)28-40)53-51(54-50)46-31-45-42-17-9-10-18-47(42)55-48(45)43-26-25-39(30-44(43)46)33-13-5-2-6-14-33/h1-31H. The Hall–Kier alpha value is -7.43. The summed E-state index contributed by atoms with van der Waals surface area (Å²) in [5.41, 5.74) is 9.11. The van der Waals surface area contributed by atoms with E-state index in [9.17, 15) is 0 Å². The van der Waals surface area contributed by atoms with Gasteiger partial charge in [-0.15, -0.1) is 0 Å². The highest BCUT2D eigenvalue weighted by Gasteiger charge is 2.20. The number of hydrogen-bond acceptors (Lipinski definition) is 4. The van der Waals surface area contributed by atoms with Gasteiger partial charge in [-0.25, -0.2) is 15.0 Å². The average molecular weight is 702 g/mol. The van der Waals surface area contributed by atoms with Crippen LogP contribution in [0.25, 0.3) is 111 Å². The minimum atomic E-state index is 0.607. The van der Waals surface area contributed by atoms with Gasteiger partial charge in [0.1, 0.15) is 11.2 Å². The van der Waals surface area contributed by atoms with E-state index in [-0.39, 0.29) is 0 Å². The fraction of sp³-hybridized carbons (Fsp3) is 0. The van der Waals surface area contributed by atoms with Crippen LogP contribution in [0.4, 0.5) is 0 Å². The van der Waals surface area contributed by atoms with Crippen molar-refractivity contribution in [3.05, 3.63) is 188 Å². The van der Waals surface area contributed by atoms with E-state index in [2.05, 4.69) is 164 Å². The monoisotopic (exact) mass is 701 g/mol. The van der Waals surface area contributed by atoms with Crippen LogP contribution in [-0.4, -0.2) is 15.0 Å². The predicted molar refractivity (Wildman–Crippen MR) is 227 cm³/mol. The highest BCUT2D eigenvalue weighted by molar-refractivity contribution is 6.19. The maximum atomic E-state index is 6.55. The molecule has 0 N–H and O–H groups in total. The molecule has 256 valence electrons. The molecule has 0 unspecified atom stereocenters. The number of benzene rings is 9. The van der Waals surface area contributed by atoms with Crippen LogP contribution >= 0.6 is 0 Å². The number of aromatic nitrogens is 3. The summed E-state index contributed by atoms with van der Waals surface area (Å²) in [6.45, 7) is 0. The Morgan fingerprint density at radius 3 is 1.51 bits per heavy atom. The summed E-state index contributed by atoms with van der Waals surface area (Å²) in [7, 11) is 0. The zero-order chi connectivity index (χ0) is 36.3. The van der Waals surface area contributed by atoms with Gasteiger partial charge in [0.2, 0.25) is 0 Å². The first kappa shape index (κ1) is 31.1. The van der Waals surface area contributed by atoms with E-state index in [4.69, 9.17) is 19.4 Å². The summed E-state index contributed by atoms with van der Waals surface area (Å²) < 4.78 is 6.55. The molecule has 0 bridgehead atoms. The van der Waals surface area contributed by atoms with Crippen molar-refractivity contribution in [3.8, 4) is 56.4 Å². The molecule has 11 aromatic rings. The van der Waals surface area contributed by atoms with Crippen LogP contribution < -0.4 is 0 Å². The van der Waals surface area contributed by atoms with Gasteiger partial charge in [-0.05, 0) is 91.6 Å². The third-order valence-corrected chi connectivity index (χ3v) is 10.7. The predicted octanol–water partition coefficient (Wildman–Crippen LogP) is 13.6. The molecule has 0 amide bonds. The van der Waals surface area contributed by atoms with Crippen molar-refractivity contribution >= 4 is 54.3 Å². The molecule has 0 aliphatic carbocycles. The summed E-state index contributed by atoms with van der Waals surface area (Å²) in [6.07, 6.45) is 0. The van der Waals surface area contributed by atoms with E-state index >= 15 is 0 Å². The molecule has 2 aromatic heterocycles. The Labute approximate surface area is 317 Å². The molecule has 11 rings (SSSR count). The lowest BCUT2D eigenvalue weighted by Gasteiger charge is -2.13. The zero-order valence-electron chi connectivity index (χ0n) is 29.6. The lowest BCUT2D eigenvalue weighted by atomic mass is 9.95. The van der Waals surface area contributed by atoms with Crippen LogP contribution in [0.2, 0.25) is 0 Å². The maximum absolute atomic E-state index is 6.55. The zero-order valence-corrected chi connectivity index (χ0v) is 29.6. The third-order valence-electron chi connectivity index (χ3n) is 10.7. The smallest absolute Gasteiger partial charge is 0.164 e.